The molecule has 15 heavy (non-hydrogen) atoms. The number of nitrogens with zero attached hydrogens (tertiary/aromatic N) is 1. The lowest BCUT2D eigenvalue weighted by Gasteiger charge is -2.32. The molecule has 0 aromatic carbocycles. The summed E-state index contributed by atoms with van der Waals surface area (Å²) in [4.78, 5) is 13.1. The van der Waals surface area contributed by atoms with E-state index < -0.39 is 11.7 Å². The van der Waals surface area contributed by atoms with Crippen LogP contribution in [0.4, 0.5) is 4.79 Å². The summed E-state index contributed by atoms with van der Waals surface area (Å²) in [6.07, 6.45) is 0.909. The van der Waals surface area contributed by atoms with Gasteiger partial charge in [-0.25, -0.2) is 4.79 Å². The lowest BCUT2D eigenvalue weighted by Crippen LogP contribution is -2.44. The van der Waals surface area contributed by atoms with Gasteiger partial charge >= 0.3 is 6.09 Å². The Morgan fingerprint density at radius 2 is 2.07 bits per heavy atom. The van der Waals surface area contributed by atoms with Crippen LogP contribution in [-0.2, 0) is 4.74 Å². The summed E-state index contributed by atoms with van der Waals surface area (Å²) >= 11 is 0. The van der Waals surface area contributed by atoms with E-state index in [1.54, 1.807) is 4.90 Å². The molecule has 0 unspecified atom stereocenters. The molecular formula is C10H20ClNO3. The van der Waals surface area contributed by atoms with Gasteiger partial charge in [0.25, 0.3) is 0 Å². The fraction of sp³-hybridized carbons (Fsp3) is 0.900. The van der Waals surface area contributed by atoms with Gasteiger partial charge in [-0.15, -0.1) is 12.4 Å². The van der Waals surface area contributed by atoms with Crippen LogP contribution in [0.2, 0.25) is 0 Å². The Morgan fingerprint density at radius 1 is 1.47 bits per heavy atom. The molecule has 0 aromatic heterocycles. The predicted octanol–water partition coefficient (Wildman–Crippen LogP) is 1.80. The third kappa shape index (κ3) is 5.23. The Kier molecular flexibility index (Phi) is 5.38. The number of aliphatic hydroxyl groups is 1. The highest BCUT2D eigenvalue weighted by Gasteiger charge is 2.26. The zero-order valence-electron chi connectivity index (χ0n) is 9.52. The molecular weight excluding hydrogens is 218 g/mol. The zero-order chi connectivity index (χ0) is 10.8. The number of likely N-dealkylation sites (tertiary alicyclic amines) is 1. The van der Waals surface area contributed by atoms with Gasteiger partial charge in [0.05, 0.1) is 6.10 Å². The summed E-state index contributed by atoms with van der Waals surface area (Å²) in [6.45, 7) is 6.60. The molecule has 0 saturated carbocycles. The summed E-state index contributed by atoms with van der Waals surface area (Å²) in [5.74, 6) is 0. The van der Waals surface area contributed by atoms with E-state index in [0.717, 1.165) is 12.8 Å². The van der Waals surface area contributed by atoms with Crippen molar-refractivity contribution in [2.45, 2.75) is 45.3 Å². The number of piperidine rings is 1. The van der Waals surface area contributed by atoms with Crippen molar-refractivity contribution in [1.29, 1.82) is 0 Å². The summed E-state index contributed by atoms with van der Waals surface area (Å²) < 4.78 is 5.20. The number of β-amino-alcohol motifs (C(OH)–C–C–N with tert-alkyl or cyclic N) is 1. The molecule has 1 amide bonds. The lowest BCUT2D eigenvalue weighted by molar-refractivity contribution is 0.00391. The van der Waals surface area contributed by atoms with Crippen molar-refractivity contribution in [3.05, 3.63) is 0 Å². The fourth-order valence-electron chi connectivity index (χ4n) is 1.45. The van der Waals surface area contributed by atoms with Crippen LogP contribution in [0.3, 0.4) is 0 Å². The Labute approximate surface area is 97.0 Å². The molecule has 0 spiro atoms. The molecule has 0 aliphatic carbocycles. The van der Waals surface area contributed by atoms with Crippen LogP contribution in [0.1, 0.15) is 33.6 Å². The van der Waals surface area contributed by atoms with Crippen molar-refractivity contribution in [3.8, 4) is 0 Å². The first kappa shape index (κ1) is 14.5. The largest absolute Gasteiger partial charge is 0.444 e. The topological polar surface area (TPSA) is 49.8 Å². The van der Waals surface area contributed by atoms with Crippen molar-refractivity contribution in [2.24, 2.45) is 0 Å². The number of amides is 1. The SMILES string of the molecule is CC(C)(C)OC(=O)N1CCC[C@H](O)C1.Cl. The van der Waals surface area contributed by atoms with Crippen molar-refractivity contribution in [2.75, 3.05) is 13.1 Å². The molecule has 1 N–H and O–H groups in total. The molecule has 1 aliphatic rings. The summed E-state index contributed by atoms with van der Waals surface area (Å²) in [5, 5.41) is 9.38. The highest BCUT2D eigenvalue weighted by atomic mass is 35.5. The highest BCUT2D eigenvalue weighted by Crippen LogP contribution is 2.14. The number of hydrogen-bond acceptors (Lipinski definition) is 3. The second kappa shape index (κ2) is 5.56. The average molecular weight is 238 g/mol. The van der Waals surface area contributed by atoms with Gasteiger partial charge in [0.2, 0.25) is 0 Å². The number of aliphatic hydroxyl groups excluding tert-OH is 1. The van der Waals surface area contributed by atoms with E-state index in [-0.39, 0.29) is 18.5 Å². The Bertz CT molecular complexity index is 215. The minimum atomic E-state index is -0.459. The molecule has 90 valence electrons. The average Bonchev–Trinajstić information content (AvgIpc) is 2.01. The highest BCUT2D eigenvalue weighted by molar-refractivity contribution is 5.85. The minimum Gasteiger partial charge on any atom is -0.444 e. The van der Waals surface area contributed by atoms with Gasteiger partial charge in [0.15, 0.2) is 0 Å². The van der Waals surface area contributed by atoms with Crippen LogP contribution in [0.5, 0.6) is 0 Å². The third-order valence-corrected chi connectivity index (χ3v) is 2.05. The van der Waals surface area contributed by atoms with Crippen LogP contribution >= 0.6 is 12.4 Å². The van der Waals surface area contributed by atoms with Gasteiger partial charge in [-0.05, 0) is 33.6 Å². The maximum absolute atomic E-state index is 11.6. The number of ether oxygens (including phenoxy) is 1. The van der Waals surface area contributed by atoms with Crippen molar-refractivity contribution in [3.63, 3.8) is 0 Å². The molecule has 0 radical (unpaired) electrons. The molecule has 1 fully saturated rings. The standard InChI is InChI=1S/C10H19NO3.ClH/c1-10(2,3)14-9(13)11-6-4-5-8(12)7-11;/h8,12H,4-7H2,1-3H3;1H/t8-;/m0./s1. The normalized spacial score (nSPS) is 21.9. The summed E-state index contributed by atoms with van der Waals surface area (Å²) in [7, 11) is 0. The Morgan fingerprint density at radius 3 is 2.53 bits per heavy atom. The third-order valence-electron chi connectivity index (χ3n) is 2.05. The van der Waals surface area contributed by atoms with Gasteiger partial charge in [0, 0.05) is 13.1 Å². The van der Waals surface area contributed by atoms with Crippen LogP contribution in [-0.4, -0.2) is 40.9 Å². The van der Waals surface area contributed by atoms with Crippen LogP contribution < -0.4 is 0 Å². The number of halogens is 1. The van der Waals surface area contributed by atoms with E-state index in [1.165, 1.54) is 0 Å². The minimum absolute atomic E-state index is 0. The molecule has 1 rings (SSSR count). The maximum atomic E-state index is 11.6. The predicted molar refractivity (Wildman–Crippen MR) is 60.3 cm³/mol. The monoisotopic (exact) mass is 237 g/mol. The van der Waals surface area contributed by atoms with Gasteiger partial charge in [-0.1, -0.05) is 0 Å². The van der Waals surface area contributed by atoms with E-state index in [9.17, 15) is 9.90 Å². The molecule has 1 atom stereocenters. The van der Waals surface area contributed by atoms with Crippen LogP contribution in [0, 0.1) is 0 Å². The number of carbonyl (C=O) groups excluding carboxylic acids is 1. The second-order valence-electron chi connectivity index (χ2n) is 4.72. The molecule has 0 aromatic rings. The zero-order valence-corrected chi connectivity index (χ0v) is 10.3. The van der Waals surface area contributed by atoms with E-state index >= 15 is 0 Å². The van der Waals surface area contributed by atoms with Crippen LogP contribution in [0.15, 0.2) is 0 Å². The van der Waals surface area contributed by atoms with E-state index in [0.29, 0.717) is 13.1 Å². The smallest absolute Gasteiger partial charge is 0.410 e. The fourth-order valence-corrected chi connectivity index (χ4v) is 1.45. The Hall–Kier alpha value is -0.480. The van der Waals surface area contributed by atoms with Gasteiger partial charge in [-0.2, -0.15) is 0 Å². The van der Waals surface area contributed by atoms with Crippen molar-refractivity contribution >= 4 is 18.5 Å². The first-order valence-corrected chi connectivity index (χ1v) is 5.04. The first-order valence-electron chi connectivity index (χ1n) is 5.04. The molecule has 1 aliphatic heterocycles. The van der Waals surface area contributed by atoms with E-state index in [1.807, 2.05) is 20.8 Å². The molecule has 4 nitrogen and oxygen atoms in total. The number of rotatable bonds is 0. The maximum Gasteiger partial charge on any atom is 0.410 e. The number of hydrogen-bond donors (Lipinski definition) is 1. The molecule has 0 bridgehead atoms. The molecule has 1 saturated heterocycles. The Balaban J connectivity index is 0.00000196. The van der Waals surface area contributed by atoms with Crippen molar-refractivity contribution in [1.82, 2.24) is 4.90 Å². The van der Waals surface area contributed by atoms with E-state index in [4.69, 9.17) is 4.74 Å². The van der Waals surface area contributed by atoms with E-state index in [2.05, 4.69) is 0 Å². The molecule has 1 heterocycles. The quantitative estimate of drug-likeness (QED) is 0.699. The van der Waals surface area contributed by atoms with Gasteiger partial charge < -0.3 is 14.7 Å². The van der Waals surface area contributed by atoms with Gasteiger partial charge in [0.1, 0.15) is 5.60 Å². The molecule has 5 heteroatoms. The van der Waals surface area contributed by atoms with Crippen molar-refractivity contribution < 1.29 is 14.6 Å². The second-order valence-corrected chi connectivity index (χ2v) is 4.72. The van der Waals surface area contributed by atoms with Crippen LogP contribution in [0.25, 0.3) is 0 Å². The lowest BCUT2D eigenvalue weighted by atomic mass is 10.1. The first-order chi connectivity index (χ1) is 6.38. The summed E-state index contributed by atoms with van der Waals surface area (Å²) in [5.41, 5.74) is -0.459. The number of carbonyl (C=O) groups is 1. The summed E-state index contributed by atoms with van der Waals surface area (Å²) in [6, 6.07) is 0. The van der Waals surface area contributed by atoms with Gasteiger partial charge in [-0.3, -0.25) is 0 Å².